The zero-order valence-corrected chi connectivity index (χ0v) is 15.8. The molecule has 0 aliphatic heterocycles. The van der Waals surface area contributed by atoms with Crippen LogP contribution in [-0.2, 0) is 15.1 Å². The van der Waals surface area contributed by atoms with Gasteiger partial charge in [0.2, 0.25) is 0 Å². The number of carbonyl (C=O) groups excluding carboxylic acids is 1. The van der Waals surface area contributed by atoms with Crippen molar-refractivity contribution < 1.29 is 9.53 Å². The van der Waals surface area contributed by atoms with E-state index in [2.05, 4.69) is 4.72 Å². The number of hydrogen-bond acceptors (Lipinski definition) is 4. The molecule has 1 aromatic heterocycles. The van der Waals surface area contributed by atoms with Gasteiger partial charge in [0.05, 0.1) is 18.3 Å². The molecule has 6 heteroatoms. The van der Waals surface area contributed by atoms with Crippen molar-refractivity contribution in [1.82, 2.24) is 4.57 Å². The fraction of sp³-hybridized carbons (Fsp3) is 0.211. The predicted molar refractivity (Wildman–Crippen MR) is 105 cm³/mol. The van der Waals surface area contributed by atoms with E-state index in [4.69, 9.17) is 16.3 Å². The number of carbonyl (C=O) groups is 1. The summed E-state index contributed by atoms with van der Waals surface area (Å²) in [6.45, 7) is 1.86. The first-order chi connectivity index (χ1) is 12.0. The maximum Gasteiger partial charge on any atom is 0.336 e. The summed E-state index contributed by atoms with van der Waals surface area (Å²) in [6.07, 6.45) is 3.89. The second kappa shape index (κ2) is 7.02. The number of hydrogen-bond donors (Lipinski definition) is 1. The number of ether oxygens (including phenoxy) is 1. The number of nitrogens with zero attached hydrogens (tertiary/aromatic N) is 1. The SMILES string of the molecule is COC(=O)C(C)(c1ccc(Cl)cc1)n1ccc2c(NSC)cccc21. The largest absolute Gasteiger partial charge is 0.467 e. The molecule has 0 aliphatic carbocycles. The summed E-state index contributed by atoms with van der Waals surface area (Å²) in [5, 5.41) is 1.67. The van der Waals surface area contributed by atoms with Crippen LogP contribution in [0.5, 0.6) is 0 Å². The molecule has 0 spiro atoms. The first-order valence-corrected chi connectivity index (χ1v) is 9.36. The Morgan fingerprint density at radius 2 is 1.92 bits per heavy atom. The Labute approximate surface area is 156 Å². The third kappa shape index (κ3) is 2.98. The number of nitrogens with one attached hydrogen (secondary N) is 1. The normalized spacial score (nSPS) is 13.4. The van der Waals surface area contributed by atoms with E-state index in [1.54, 1.807) is 12.1 Å². The van der Waals surface area contributed by atoms with Gasteiger partial charge < -0.3 is 14.0 Å². The topological polar surface area (TPSA) is 43.3 Å². The summed E-state index contributed by atoms with van der Waals surface area (Å²) in [7, 11) is 1.41. The Morgan fingerprint density at radius 1 is 1.20 bits per heavy atom. The predicted octanol–water partition coefficient (Wildman–Crippen LogP) is 4.92. The summed E-state index contributed by atoms with van der Waals surface area (Å²) in [5.74, 6) is -0.337. The molecule has 3 rings (SSSR count). The van der Waals surface area contributed by atoms with E-state index < -0.39 is 5.54 Å². The molecular formula is C19H19ClN2O2S. The van der Waals surface area contributed by atoms with Crippen LogP contribution in [0, 0.1) is 0 Å². The highest BCUT2D eigenvalue weighted by atomic mass is 35.5. The maximum atomic E-state index is 12.8. The molecule has 0 saturated carbocycles. The smallest absolute Gasteiger partial charge is 0.336 e. The summed E-state index contributed by atoms with van der Waals surface area (Å²) in [5.41, 5.74) is 1.76. The van der Waals surface area contributed by atoms with Crippen molar-refractivity contribution in [3.8, 4) is 0 Å². The van der Waals surface area contributed by atoms with Gasteiger partial charge in [-0.25, -0.2) is 4.79 Å². The van der Waals surface area contributed by atoms with Gasteiger partial charge in [0.1, 0.15) is 0 Å². The van der Waals surface area contributed by atoms with E-state index in [0.717, 1.165) is 22.2 Å². The van der Waals surface area contributed by atoms with Crippen LogP contribution in [0.1, 0.15) is 12.5 Å². The summed E-state index contributed by atoms with van der Waals surface area (Å²) in [6, 6.07) is 15.3. The lowest BCUT2D eigenvalue weighted by atomic mass is 9.91. The van der Waals surface area contributed by atoms with Gasteiger partial charge in [-0.1, -0.05) is 41.7 Å². The average Bonchev–Trinajstić information content (AvgIpc) is 3.07. The molecule has 0 saturated heterocycles. The highest BCUT2D eigenvalue weighted by Gasteiger charge is 2.39. The zero-order chi connectivity index (χ0) is 18.0. The molecule has 25 heavy (non-hydrogen) atoms. The number of halogens is 1. The molecule has 1 N–H and O–H groups in total. The average molecular weight is 375 g/mol. The Hall–Kier alpha value is -2.11. The standard InChI is InChI=1S/C19H19ClN2O2S/c1-19(18(23)24-2,13-7-9-14(20)10-8-13)22-12-11-15-16(21-25-3)5-4-6-17(15)22/h4-12,21H,1-3H3. The van der Waals surface area contributed by atoms with Gasteiger partial charge >= 0.3 is 5.97 Å². The van der Waals surface area contributed by atoms with Gasteiger partial charge in [-0.3, -0.25) is 0 Å². The number of benzene rings is 2. The van der Waals surface area contributed by atoms with E-state index in [1.165, 1.54) is 19.1 Å². The molecule has 0 amide bonds. The van der Waals surface area contributed by atoms with Gasteiger partial charge in [0.15, 0.2) is 5.54 Å². The third-order valence-electron chi connectivity index (χ3n) is 4.42. The van der Waals surface area contributed by atoms with Crippen molar-refractivity contribution in [2.24, 2.45) is 0 Å². The zero-order valence-electron chi connectivity index (χ0n) is 14.2. The van der Waals surface area contributed by atoms with Crippen molar-refractivity contribution in [1.29, 1.82) is 0 Å². The fourth-order valence-corrected chi connectivity index (χ4v) is 3.61. The van der Waals surface area contributed by atoms with Gasteiger partial charge in [-0.05, 0) is 42.8 Å². The minimum Gasteiger partial charge on any atom is -0.467 e. The Bertz CT molecular complexity index is 907. The molecule has 4 nitrogen and oxygen atoms in total. The van der Waals surface area contributed by atoms with Crippen LogP contribution in [0.2, 0.25) is 5.02 Å². The second-order valence-corrected chi connectivity index (χ2v) is 6.85. The van der Waals surface area contributed by atoms with E-state index in [-0.39, 0.29) is 5.97 Å². The van der Waals surface area contributed by atoms with Crippen molar-refractivity contribution in [3.05, 3.63) is 65.3 Å². The molecular weight excluding hydrogens is 356 g/mol. The Morgan fingerprint density at radius 3 is 2.56 bits per heavy atom. The molecule has 1 atom stereocenters. The molecule has 2 aromatic carbocycles. The minimum atomic E-state index is -1.00. The van der Waals surface area contributed by atoms with Crippen LogP contribution in [0.15, 0.2) is 54.7 Å². The number of aromatic nitrogens is 1. The molecule has 3 aromatic rings. The number of rotatable bonds is 5. The second-order valence-electron chi connectivity index (χ2n) is 5.80. The Kier molecular flexibility index (Phi) is 4.97. The van der Waals surface area contributed by atoms with Crippen LogP contribution in [0.3, 0.4) is 0 Å². The van der Waals surface area contributed by atoms with Crippen molar-refractivity contribution in [2.45, 2.75) is 12.5 Å². The first kappa shape index (κ1) is 17.7. The van der Waals surface area contributed by atoms with Crippen LogP contribution >= 0.6 is 23.5 Å². The van der Waals surface area contributed by atoms with Crippen molar-refractivity contribution in [3.63, 3.8) is 0 Å². The summed E-state index contributed by atoms with van der Waals surface area (Å²) >= 11 is 7.55. The number of methoxy groups -OCH3 is 1. The van der Waals surface area contributed by atoms with Crippen molar-refractivity contribution >= 4 is 46.1 Å². The van der Waals surface area contributed by atoms with Crippen LogP contribution in [0.4, 0.5) is 5.69 Å². The molecule has 0 fully saturated rings. The number of fused-ring (bicyclic) bond motifs is 1. The minimum absolute atomic E-state index is 0.337. The molecule has 0 radical (unpaired) electrons. The lowest BCUT2D eigenvalue weighted by molar-refractivity contribution is -0.148. The fourth-order valence-electron chi connectivity index (χ4n) is 3.08. The molecule has 130 valence electrons. The highest BCUT2D eigenvalue weighted by Crippen LogP contribution is 2.35. The first-order valence-electron chi connectivity index (χ1n) is 7.76. The highest BCUT2D eigenvalue weighted by molar-refractivity contribution is 7.99. The van der Waals surface area contributed by atoms with E-state index in [0.29, 0.717) is 5.02 Å². The molecule has 0 aliphatic rings. The lowest BCUT2D eigenvalue weighted by Gasteiger charge is -2.30. The summed E-state index contributed by atoms with van der Waals surface area (Å²) < 4.78 is 10.4. The van der Waals surface area contributed by atoms with Gasteiger partial charge in [0.25, 0.3) is 0 Å². The quantitative estimate of drug-likeness (QED) is 0.508. The molecule has 0 bridgehead atoms. The summed E-state index contributed by atoms with van der Waals surface area (Å²) in [4.78, 5) is 12.8. The van der Waals surface area contributed by atoms with E-state index >= 15 is 0 Å². The van der Waals surface area contributed by atoms with Crippen molar-refractivity contribution in [2.75, 3.05) is 18.1 Å². The van der Waals surface area contributed by atoms with E-state index in [1.807, 2.05) is 60.3 Å². The van der Waals surface area contributed by atoms with Gasteiger partial charge in [-0.15, -0.1) is 0 Å². The van der Waals surface area contributed by atoms with E-state index in [9.17, 15) is 4.79 Å². The number of esters is 1. The molecule has 1 heterocycles. The Balaban J connectivity index is 2.24. The monoisotopic (exact) mass is 374 g/mol. The van der Waals surface area contributed by atoms with Crippen LogP contribution < -0.4 is 4.72 Å². The maximum absolute atomic E-state index is 12.8. The van der Waals surface area contributed by atoms with Gasteiger partial charge in [0, 0.05) is 22.9 Å². The molecule has 1 unspecified atom stereocenters. The van der Waals surface area contributed by atoms with Crippen LogP contribution in [-0.4, -0.2) is 23.9 Å². The number of anilines is 1. The van der Waals surface area contributed by atoms with Crippen LogP contribution in [0.25, 0.3) is 10.9 Å². The lowest BCUT2D eigenvalue weighted by Crippen LogP contribution is -2.40. The third-order valence-corrected chi connectivity index (χ3v) is 5.09. The van der Waals surface area contributed by atoms with Gasteiger partial charge in [-0.2, -0.15) is 0 Å².